The van der Waals surface area contributed by atoms with Crippen LogP contribution in [0.1, 0.15) is 13.8 Å². The molecule has 1 saturated heterocycles. The van der Waals surface area contributed by atoms with Crippen molar-refractivity contribution in [2.24, 2.45) is 5.11 Å². The maximum absolute atomic E-state index is 11.3. The van der Waals surface area contributed by atoms with E-state index in [1.54, 1.807) is 13.8 Å². The van der Waals surface area contributed by atoms with Gasteiger partial charge in [0.15, 0.2) is 11.8 Å². The van der Waals surface area contributed by atoms with Crippen molar-refractivity contribution in [3.05, 3.63) is 10.4 Å². The Morgan fingerprint density at radius 3 is 2.80 bits per heavy atom. The number of methoxy groups -OCH3 is 1. The molecular weight excluding hydrogens is 202 g/mol. The molecule has 15 heavy (non-hydrogen) atoms. The number of azide groups is 1. The molecule has 1 rings (SSSR count). The summed E-state index contributed by atoms with van der Waals surface area (Å²) in [5, 5.41) is 3.34. The minimum absolute atomic E-state index is 0.200. The highest BCUT2D eigenvalue weighted by Gasteiger charge is 2.40. The summed E-state index contributed by atoms with van der Waals surface area (Å²) >= 11 is 0. The van der Waals surface area contributed by atoms with Gasteiger partial charge in [0.2, 0.25) is 0 Å². The lowest BCUT2D eigenvalue weighted by atomic mass is 10.2. The second-order valence-corrected chi connectivity index (χ2v) is 3.54. The highest BCUT2D eigenvalue weighted by molar-refractivity contribution is 5.76. The maximum atomic E-state index is 11.3. The number of rotatable bonds is 3. The van der Waals surface area contributed by atoms with Crippen LogP contribution in [0.2, 0.25) is 0 Å². The van der Waals surface area contributed by atoms with E-state index in [9.17, 15) is 4.79 Å². The van der Waals surface area contributed by atoms with Crippen molar-refractivity contribution in [2.75, 3.05) is 13.7 Å². The van der Waals surface area contributed by atoms with Crippen molar-refractivity contribution in [3.8, 4) is 0 Å². The average molecular weight is 215 g/mol. The fourth-order valence-corrected chi connectivity index (χ4v) is 1.32. The predicted octanol–water partition coefficient (Wildman–Crippen LogP) is 0.990. The Bertz CT molecular complexity index is 298. The Morgan fingerprint density at radius 1 is 1.73 bits per heavy atom. The van der Waals surface area contributed by atoms with Crippen LogP contribution >= 0.6 is 0 Å². The fourth-order valence-electron chi connectivity index (χ4n) is 1.32. The van der Waals surface area contributed by atoms with Gasteiger partial charge in [-0.1, -0.05) is 5.11 Å². The zero-order valence-electron chi connectivity index (χ0n) is 8.84. The first-order valence-electron chi connectivity index (χ1n) is 4.44. The van der Waals surface area contributed by atoms with Crippen LogP contribution in [0.5, 0.6) is 0 Å². The largest absolute Gasteiger partial charge is 0.469 e. The number of ether oxygens (including phenoxy) is 3. The first-order chi connectivity index (χ1) is 7.00. The summed E-state index contributed by atoms with van der Waals surface area (Å²) in [6.45, 7) is 3.64. The third-order valence-electron chi connectivity index (χ3n) is 2.00. The molecule has 0 bridgehead atoms. The lowest BCUT2D eigenvalue weighted by Crippen LogP contribution is -2.36. The molecule has 84 valence electrons. The van der Waals surface area contributed by atoms with Crippen molar-refractivity contribution in [2.45, 2.75) is 31.8 Å². The van der Waals surface area contributed by atoms with E-state index >= 15 is 0 Å². The molecule has 0 amide bonds. The molecule has 0 aromatic rings. The topological polar surface area (TPSA) is 93.5 Å². The Hall–Kier alpha value is -1.30. The molecule has 0 N–H and O–H groups in total. The second-order valence-electron chi connectivity index (χ2n) is 3.54. The first-order valence-corrected chi connectivity index (χ1v) is 4.44. The number of carbonyl (C=O) groups is 1. The number of carbonyl (C=O) groups excluding carboxylic acids is 1. The first kappa shape index (κ1) is 11.8. The van der Waals surface area contributed by atoms with Gasteiger partial charge in [0.05, 0.1) is 13.7 Å². The molecule has 0 aromatic carbocycles. The van der Waals surface area contributed by atoms with E-state index in [0.29, 0.717) is 0 Å². The van der Waals surface area contributed by atoms with Gasteiger partial charge in [0.1, 0.15) is 6.10 Å². The summed E-state index contributed by atoms with van der Waals surface area (Å²) < 4.78 is 15.2. The smallest absolute Gasteiger partial charge is 0.317 e. The van der Waals surface area contributed by atoms with Crippen LogP contribution < -0.4 is 0 Å². The molecule has 0 spiro atoms. The van der Waals surface area contributed by atoms with Crippen molar-refractivity contribution in [1.29, 1.82) is 0 Å². The van der Waals surface area contributed by atoms with Crippen molar-refractivity contribution < 1.29 is 19.0 Å². The molecule has 1 aliphatic heterocycles. The second kappa shape index (κ2) is 4.48. The van der Waals surface area contributed by atoms with Gasteiger partial charge >= 0.3 is 5.97 Å². The number of esters is 1. The van der Waals surface area contributed by atoms with Crippen LogP contribution in [0.3, 0.4) is 0 Å². The normalized spacial score (nSPS) is 25.4. The molecule has 0 radical (unpaired) electrons. The highest BCUT2D eigenvalue weighted by atomic mass is 16.7. The summed E-state index contributed by atoms with van der Waals surface area (Å²) in [7, 11) is 1.23. The van der Waals surface area contributed by atoms with Gasteiger partial charge in [-0.05, 0) is 19.4 Å². The molecule has 1 fully saturated rings. The third kappa shape index (κ3) is 2.82. The van der Waals surface area contributed by atoms with Crippen LogP contribution in [-0.2, 0) is 19.0 Å². The van der Waals surface area contributed by atoms with Crippen LogP contribution in [0.4, 0.5) is 0 Å². The summed E-state index contributed by atoms with van der Waals surface area (Å²) in [5.41, 5.74) is 8.33. The van der Waals surface area contributed by atoms with E-state index in [1.807, 2.05) is 0 Å². The number of hydrogen-bond donors (Lipinski definition) is 0. The quantitative estimate of drug-likeness (QED) is 0.303. The van der Waals surface area contributed by atoms with E-state index in [0.717, 1.165) is 0 Å². The molecule has 0 aliphatic carbocycles. The van der Waals surface area contributed by atoms with Crippen LogP contribution in [0.25, 0.3) is 10.4 Å². The van der Waals surface area contributed by atoms with E-state index in [2.05, 4.69) is 14.8 Å². The summed E-state index contributed by atoms with van der Waals surface area (Å²) in [6, 6.07) is -0.998. The molecule has 7 nitrogen and oxygen atoms in total. The standard InChI is InChI=1S/C8H13N3O4/c1-8(2)14-4-5(15-8)6(10-11-9)7(12)13-3/h5-6H,4H2,1-3H3/t5-,6-/m0/s1. The van der Waals surface area contributed by atoms with E-state index in [-0.39, 0.29) is 6.61 Å². The van der Waals surface area contributed by atoms with E-state index in [4.69, 9.17) is 15.0 Å². The monoisotopic (exact) mass is 215 g/mol. The van der Waals surface area contributed by atoms with Crippen LogP contribution in [-0.4, -0.2) is 37.6 Å². The number of hydrogen-bond acceptors (Lipinski definition) is 5. The Kier molecular flexibility index (Phi) is 3.52. The highest BCUT2D eigenvalue weighted by Crippen LogP contribution is 2.25. The van der Waals surface area contributed by atoms with Crippen molar-refractivity contribution in [3.63, 3.8) is 0 Å². The third-order valence-corrected chi connectivity index (χ3v) is 2.00. The molecule has 0 saturated carbocycles. The lowest BCUT2D eigenvalue weighted by Gasteiger charge is -2.19. The zero-order valence-corrected chi connectivity index (χ0v) is 8.84. The molecular formula is C8H13N3O4. The molecule has 1 aliphatic rings. The Labute approximate surface area is 86.9 Å². The van der Waals surface area contributed by atoms with Crippen molar-refractivity contribution in [1.82, 2.24) is 0 Å². The number of nitrogens with zero attached hydrogens (tertiary/aromatic N) is 3. The molecule has 2 atom stereocenters. The zero-order chi connectivity index (χ0) is 11.5. The summed E-state index contributed by atoms with van der Waals surface area (Å²) in [5.74, 6) is -1.39. The maximum Gasteiger partial charge on any atom is 0.317 e. The Balaban J connectivity index is 2.74. The van der Waals surface area contributed by atoms with E-state index < -0.39 is 23.9 Å². The fraction of sp³-hybridized carbons (Fsp3) is 0.875. The Morgan fingerprint density at radius 2 is 2.40 bits per heavy atom. The molecule has 7 heteroatoms. The van der Waals surface area contributed by atoms with Gasteiger partial charge in [0.25, 0.3) is 0 Å². The minimum Gasteiger partial charge on any atom is -0.469 e. The van der Waals surface area contributed by atoms with E-state index in [1.165, 1.54) is 7.11 Å². The van der Waals surface area contributed by atoms with Gasteiger partial charge in [-0.25, -0.2) is 0 Å². The van der Waals surface area contributed by atoms with Crippen LogP contribution in [0.15, 0.2) is 5.11 Å². The molecule has 1 heterocycles. The van der Waals surface area contributed by atoms with Gasteiger partial charge < -0.3 is 14.2 Å². The SMILES string of the molecule is COC(=O)[C@@H](N=[N+]=[N-])[C@@H]1COC(C)(C)O1. The van der Waals surface area contributed by atoms with Gasteiger partial charge in [-0.15, -0.1) is 0 Å². The molecule has 0 unspecified atom stereocenters. The van der Waals surface area contributed by atoms with Crippen molar-refractivity contribution >= 4 is 5.97 Å². The van der Waals surface area contributed by atoms with Gasteiger partial charge in [-0.3, -0.25) is 4.79 Å². The summed E-state index contributed by atoms with van der Waals surface area (Å²) in [6.07, 6.45) is -0.594. The van der Waals surface area contributed by atoms with Gasteiger partial charge in [-0.2, -0.15) is 0 Å². The average Bonchev–Trinajstić information content (AvgIpc) is 2.54. The molecule has 0 aromatic heterocycles. The summed E-state index contributed by atoms with van der Waals surface area (Å²) in [4.78, 5) is 13.9. The van der Waals surface area contributed by atoms with Crippen LogP contribution in [0, 0.1) is 0 Å². The van der Waals surface area contributed by atoms with Gasteiger partial charge in [0, 0.05) is 4.91 Å². The minimum atomic E-state index is -0.998. The lowest BCUT2D eigenvalue weighted by molar-refractivity contribution is -0.155. The predicted molar refractivity (Wildman–Crippen MR) is 49.9 cm³/mol.